The van der Waals surface area contributed by atoms with Gasteiger partial charge in [-0.3, -0.25) is 0 Å². The largest absolute Gasteiger partial charge is 1.00 e. The van der Waals surface area contributed by atoms with E-state index in [1.165, 1.54) is 37.0 Å². The number of halogens is 1. The van der Waals surface area contributed by atoms with Crippen LogP contribution in [0.1, 0.15) is 41.5 Å². The van der Waals surface area contributed by atoms with Gasteiger partial charge in [0.2, 0.25) is 0 Å². The predicted molar refractivity (Wildman–Crippen MR) is 82.4 cm³/mol. The van der Waals surface area contributed by atoms with Gasteiger partial charge in [0.05, 0.1) is 0 Å². The maximum atomic E-state index is 4.24. The first kappa shape index (κ1) is 27.3. The second kappa shape index (κ2) is 17.9. The van der Waals surface area contributed by atoms with Crippen LogP contribution < -0.4 is 12.4 Å². The fraction of sp³-hybridized carbons (Fsp3) is 0.923. The summed E-state index contributed by atoms with van der Waals surface area (Å²) in [5, 5.41) is 0. The molecule has 0 spiro atoms. The molecule has 0 radical (unpaired) electrons. The fourth-order valence-electron chi connectivity index (χ4n) is 1.34. The molecule has 4 heteroatoms. The Balaban J connectivity index is -0.0000000896. The first-order valence-electron chi connectivity index (χ1n) is 6.46. The van der Waals surface area contributed by atoms with Crippen LogP contribution >= 0.6 is 15.2 Å². The van der Waals surface area contributed by atoms with Crippen molar-refractivity contribution in [2.24, 2.45) is 0 Å². The van der Waals surface area contributed by atoms with Crippen molar-refractivity contribution in [3.63, 3.8) is 0 Å². The van der Waals surface area contributed by atoms with Crippen molar-refractivity contribution in [2.45, 2.75) is 41.5 Å². The van der Waals surface area contributed by atoms with E-state index in [9.17, 15) is 0 Å². The van der Waals surface area contributed by atoms with Crippen LogP contribution in [0.3, 0.4) is 0 Å². The molecular weight excluding hydrogens is 451 g/mol. The summed E-state index contributed by atoms with van der Waals surface area (Å²) in [5.41, 5.74) is 0. The van der Waals surface area contributed by atoms with E-state index in [4.69, 9.17) is 0 Å². The van der Waals surface area contributed by atoms with E-state index in [1.807, 2.05) is 0 Å². The van der Waals surface area contributed by atoms with Crippen LogP contribution in [-0.2, 0) is 22.4 Å². The summed E-state index contributed by atoms with van der Waals surface area (Å²) in [7, 11) is -0.216. The maximum absolute atomic E-state index is 4.24. The van der Waals surface area contributed by atoms with Gasteiger partial charge in [0.15, 0.2) is 0 Å². The minimum atomic E-state index is -0.662. The molecule has 0 N–H and O–H groups in total. The normalized spacial score (nSPS) is 9.88. The summed E-state index contributed by atoms with van der Waals surface area (Å²) < 4.78 is 0. The van der Waals surface area contributed by atoms with E-state index in [0.29, 0.717) is 7.92 Å². The predicted octanol–water partition coefficient (Wildman–Crippen LogP) is 2.38. The molecule has 0 aromatic carbocycles. The van der Waals surface area contributed by atoms with Gasteiger partial charge >= 0.3 is 22.4 Å². The Kier molecular flexibility index (Phi) is 28.7. The van der Waals surface area contributed by atoms with Crippen molar-refractivity contribution >= 4 is 15.2 Å². The molecule has 0 bridgehead atoms. The third-order valence-corrected chi connectivity index (χ3v) is 10.1. The van der Waals surface area contributed by atoms with Gasteiger partial charge < -0.3 is 12.4 Å². The molecule has 0 aromatic heterocycles. The molecule has 0 atom stereocenters. The quantitative estimate of drug-likeness (QED) is 0.310. The van der Waals surface area contributed by atoms with Crippen molar-refractivity contribution in [3.05, 3.63) is 6.66 Å². The minimum absolute atomic E-state index is 0. The molecule has 0 saturated carbocycles. The smallest absolute Gasteiger partial charge is 1.00 e. The number of rotatable bonds is 6. The Morgan fingerprint density at radius 1 is 0.765 bits per heavy atom. The van der Waals surface area contributed by atoms with Crippen molar-refractivity contribution in [1.29, 1.82) is 0 Å². The van der Waals surface area contributed by atoms with E-state index >= 15 is 0 Å². The Morgan fingerprint density at radius 2 is 1.00 bits per heavy atom. The molecule has 0 aromatic rings. The van der Waals surface area contributed by atoms with Crippen LogP contribution in [0.15, 0.2) is 0 Å². The van der Waals surface area contributed by atoms with Crippen LogP contribution in [-0.4, -0.2) is 37.0 Å². The Hall–Kier alpha value is 1.89. The SMILES string of the molecule is CCP(CC)CC.[Au+].[CH2-][P+](CC)(CC)CC.[Cl-]. The van der Waals surface area contributed by atoms with Gasteiger partial charge in [-0.15, -0.1) is 15.2 Å². The monoisotopic (exact) mass is 482 g/mol. The third kappa shape index (κ3) is 15.8. The summed E-state index contributed by atoms with van der Waals surface area (Å²) in [4.78, 5) is 0. The van der Waals surface area contributed by atoms with Crippen LogP contribution in [0, 0.1) is 6.66 Å². The molecule has 112 valence electrons. The molecular formula is C13H32AuClP2. The van der Waals surface area contributed by atoms with Crippen molar-refractivity contribution in [1.82, 2.24) is 0 Å². The van der Waals surface area contributed by atoms with E-state index in [2.05, 4.69) is 48.2 Å². The molecule has 0 fully saturated rings. The van der Waals surface area contributed by atoms with Crippen molar-refractivity contribution < 1.29 is 34.8 Å². The van der Waals surface area contributed by atoms with Gasteiger partial charge in [-0.05, 0) is 39.3 Å². The summed E-state index contributed by atoms with van der Waals surface area (Å²) in [6.07, 6.45) is 8.22. The zero-order valence-corrected chi connectivity index (χ0v) is 17.2. The second-order valence-electron chi connectivity index (χ2n) is 3.91. The molecule has 0 aliphatic rings. The van der Waals surface area contributed by atoms with Crippen LogP contribution in [0.25, 0.3) is 0 Å². The molecule has 0 unspecified atom stereocenters. The Morgan fingerprint density at radius 3 is 1.00 bits per heavy atom. The van der Waals surface area contributed by atoms with Crippen molar-refractivity contribution in [2.75, 3.05) is 37.0 Å². The summed E-state index contributed by atoms with van der Waals surface area (Å²) in [6, 6.07) is 0. The van der Waals surface area contributed by atoms with E-state index < -0.39 is 7.26 Å². The fourth-order valence-corrected chi connectivity index (χ4v) is 4.02. The maximum Gasteiger partial charge on any atom is 1.00 e. The number of hydrogen-bond acceptors (Lipinski definition) is 0. The van der Waals surface area contributed by atoms with Crippen LogP contribution in [0.2, 0.25) is 0 Å². The summed E-state index contributed by atoms with van der Waals surface area (Å²) >= 11 is 0. The Labute approximate surface area is 134 Å². The molecule has 0 nitrogen and oxygen atoms in total. The molecule has 0 rings (SSSR count). The van der Waals surface area contributed by atoms with E-state index in [-0.39, 0.29) is 34.8 Å². The molecule has 0 aliphatic heterocycles. The first-order chi connectivity index (χ1) is 7.03. The molecule has 0 heterocycles. The van der Waals surface area contributed by atoms with Gasteiger partial charge in [-0.2, -0.15) is 6.66 Å². The van der Waals surface area contributed by atoms with Crippen molar-refractivity contribution in [3.8, 4) is 0 Å². The van der Waals surface area contributed by atoms with Gasteiger partial charge in [-0.25, -0.2) is 0 Å². The zero-order chi connectivity index (χ0) is 12.3. The third-order valence-electron chi connectivity index (χ3n) is 3.35. The molecule has 17 heavy (non-hydrogen) atoms. The number of hydrogen-bond donors (Lipinski definition) is 0. The minimum Gasteiger partial charge on any atom is -1.00 e. The second-order valence-corrected chi connectivity index (χ2v) is 11.7. The van der Waals surface area contributed by atoms with Gasteiger partial charge in [0, 0.05) is 18.5 Å². The average Bonchev–Trinajstić information content (AvgIpc) is 2.31. The molecule has 0 saturated heterocycles. The van der Waals surface area contributed by atoms with E-state index in [0.717, 1.165) is 0 Å². The van der Waals surface area contributed by atoms with Gasteiger partial charge in [0.25, 0.3) is 0 Å². The van der Waals surface area contributed by atoms with Crippen LogP contribution in [0.4, 0.5) is 0 Å². The Bertz CT molecular complexity index is 113. The average molecular weight is 483 g/mol. The van der Waals surface area contributed by atoms with Gasteiger partial charge in [0.1, 0.15) is 0 Å². The topological polar surface area (TPSA) is 0 Å². The molecule has 0 aliphatic carbocycles. The summed E-state index contributed by atoms with van der Waals surface area (Å²) in [6.45, 7) is 17.9. The van der Waals surface area contributed by atoms with Crippen LogP contribution in [0.5, 0.6) is 0 Å². The molecule has 0 amide bonds. The van der Waals surface area contributed by atoms with Gasteiger partial charge in [-0.1, -0.05) is 20.8 Å². The standard InChI is InChI=1S/C7H17P.C6H15P.Au.ClH/c1-5-8(4,6-2)7-3;1-4-7(5-2)6-3;;/h4-7H2,1-3H3;4-6H2,1-3H3;;1H/q;;+1;/p-1. The summed E-state index contributed by atoms with van der Waals surface area (Å²) in [5.74, 6) is 0. The zero-order valence-electron chi connectivity index (χ0n) is 12.5. The first-order valence-corrected chi connectivity index (χ1v) is 10.9. The van der Waals surface area contributed by atoms with E-state index in [1.54, 1.807) is 0 Å².